The standard InChI is InChI=1S/C9H12BrN3/c10-8-5-11-9(12-6-8)7-13-3-1-2-4-13/h5-6H,1-4,7H2. The molecule has 0 saturated carbocycles. The highest BCUT2D eigenvalue weighted by Crippen LogP contribution is 2.11. The van der Waals surface area contributed by atoms with Crippen LogP contribution >= 0.6 is 15.9 Å². The first kappa shape index (κ1) is 9.09. The van der Waals surface area contributed by atoms with Gasteiger partial charge in [0.25, 0.3) is 0 Å². The van der Waals surface area contributed by atoms with Crippen LogP contribution in [0.3, 0.4) is 0 Å². The maximum absolute atomic E-state index is 4.24. The molecular weight excluding hydrogens is 230 g/mol. The van der Waals surface area contributed by atoms with Crippen LogP contribution in [-0.2, 0) is 6.54 Å². The van der Waals surface area contributed by atoms with E-state index in [0.29, 0.717) is 0 Å². The highest BCUT2D eigenvalue weighted by atomic mass is 79.9. The summed E-state index contributed by atoms with van der Waals surface area (Å²) in [5.41, 5.74) is 0. The normalized spacial score (nSPS) is 17.9. The lowest BCUT2D eigenvalue weighted by atomic mass is 10.4. The third kappa shape index (κ3) is 2.48. The van der Waals surface area contributed by atoms with Crippen molar-refractivity contribution in [1.29, 1.82) is 0 Å². The molecule has 0 aliphatic carbocycles. The van der Waals surface area contributed by atoms with E-state index < -0.39 is 0 Å². The zero-order chi connectivity index (χ0) is 9.10. The van der Waals surface area contributed by atoms with E-state index in [1.807, 2.05) is 0 Å². The van der Waals surface area contributed by atoms with Crippen molar-refractivity contribution in [1.82, 2.24) is 14.9 Å². The molecule has 70 valence electrons. The van der Waals surface area contributed by atoms with Gasteiger partial charge in [0.05, 0.1) is 11.0 Å². The molecule has 1 aromatic rings. The van der Waals surface area contributed by atoms with Gasteiger partial charge in [0.2, 0.25) is 0 Å². The molecular formula is C9H12BrN3. The summed E-state index contributed by atoms with van der Waals surface area (Å²) in [5.74, 6) is 0.921. The van der Waals surface area contributed by atoms with Crippen molar-refractivity contribution in [2.75, 3.05) is 13.1 Å². The maximum atomic E-state index is 4.24. The summed E-state index contributed by atoms with van der Waals surface area (Å²) in [6.45, 7) is 3.28. The third-order valence-corrected chi connectivity index (χ3v) is 2.65. The monoisotopic (exact) mass is 241 g/mol. The van der Waals surface area contributed by atoms with Crippen molar-refractivity contribution in [2.45, 2.75) is 19.4 Å². The molecule has 1 saturated heterocycles. The van der Waals surface area contributed by atoms with E-state index in [0.717, 1.165) is 16.8 Å². The van der Waals surface area contributed by atoms with Crippen molar-refractivity contribution in [3.05, 3.63) is 22.7 Å². The van der Waals surface area contributed by atoms with E-state index in [-0.39, 0.29) is 0 Å². The molecule has 0 aromatic carbocycles. The van der Waals surface area contributed by atoms with Crippen LogP contribution in [0.25, 0.3) is 0 Å². The lowest BCUT2D eigenvalue weighted by Gasteiger charge is -2.12. The molecule has 0 atom stereocenters. The molecule has 2 heterocycles. The number of likely N-dealkylation sites (tertiary alicyclic amines) is 1. The highest BCUT2D eigenvalue weighted by molar-refractivity contribution is 9.10. The summed E-state index contributed by atoms with van der Waals surface area (Å²) >= 11 is 3.32. The molecule has 2 rings (SSSR count). The van der Waals surface area contributed by atoms with Crippen LogP contribution in [0.1, 0.15) is 18.7 Å². The lowest BCUT2D eigenvalue weighted by Crippen LogP contribution is -2.19. The first-order valence-electron chi connectivity index (χ1n) is 4.53. The van der Waals surface area contributed by atoms with Gasteiger partial charge in [-0.25, -0.2) is 9.97 Å². The summed E-state index contributed by atoms with van der Waals surface area (Å²) in [6, 6.07) is 0. The van der Waals surface area contributed by atoms with E-state index in [1.54, 1.807) is 12.4 Å². The van der Waals surface area contributed by atoms with Crippen LogP contribution in [0, 0.1) is 0 Å². The molecule has 3 nitrogen and oxygen atoms in total. The van der Waals surface area contributed by atoms with Gasteiger partial charge in [-0.05, 0) is 41.9 Å². The number of aromatic nitrogens is 2. The quantitative estimate of drug-likeness (QED) is 0.792. The topological polar surface area (TPSA) is 29.0 Å². The highest BCUT2D eigenvalue weighted by Gasteiger charge is 2.12. The Balaban J connectivity index is 1.97. The Morgan fingerprint density at radius 3 is 2.46 bits per heavy atom. The molecule has 0 N–H and O–H groups in total. The predicted octanol–water partition coefficient (Wildman–Crippen LogP) is 1.83. The van der Waals surface area contributed by atoms with Gasteiger partial charge in [-0.15, -0.1) is 0 Å². The fraction of sp³-hybridized carbons (Fsp3) is 0.556. The van der Waals surface area contributed by atoms with E-state index in [2.05, 4.69) is 30.8 Å². The largest absolute Gasteiger partial charge is 0.296 e. The number of rotatable bonds is 2. The van der Waals surface area contributed by atoms with Gasteiger partial charge in [-0.3, -0.25) is 4.90 Å². The molecule has 0 bridgehead atoms. The number of hydrogen-bond donors (Lipinski definition) is 0. The number of nitrogens with zero attached hydrogens (tertiary/aromatic N) is 3. The molecule has 13 heavy (non-hydrogen) atoms. The second-order valence-corrected chi connectivity index (χ2v) is 4.22. The summed E-state index contributed by atoms with van der Waals surface area (Å²) in [4.78, 5) is 10.9. The Labute approximate surface area is 86.3 Å². The Bertz CT molecular complexity index is 267. The van der Waals surface area contributed by atoms with Gasteiger partial charge in [-0.1, -0.05) is 0 Å². The van der Waals surface area contributed by atoms with E-state index in [9.17, 15) is 0 Å². The maximum Gasteiger partial charge on any atom is 0.142 e. The average molecular weight is 242 g/mol. The first-order valence-corrected chi connectivity index (χ1v) is 5.33. The van der Waals surface area contributed by atoms with Crippen molar-refractivity contribution in [3.63, 3.8) is 0 Å². The fourth-order valence-corrected chi connectivity index (χ4v) is 1.77. The van der Waals surface area contributed by atoms with Crippen LogP contribution in [-0.4, -0.2) is 28.0 Å². The van der Waals surface area contributed by atoms with Crippen molar-refractivity contribution in [2.24, 2.45) is 0 Å². The first-order chi connectivity index (χ1) is 6.34. The van der Waals surface area contributed by atoms with Gasteiger partial charge in [0.15, 0.2) is 0 Å². The summed E-state index contributed by atoms with van der Waals surface area (Å²) < 4.78 is 0.942. The lowest BCUT2D eigenvalue weighted by molar-refractivity contribution is 0.322. The molecule has 1 aliphatic rings. The Morgan fingerprint density at radius 2 is 1.85 bits per heavy atom. The minimum Gasteiger partial charge on any atom is -0.296 e. The zero-order valence-electron chi connectivity index (χ0n) is 7.41. The van der Waals surface area contributed by atoms with E-state index in [1.165, 1.54) is 25.9 Å². The van der Waals surface area contributed by atoms with E-state index >= 15 is 0 Å². The van der Waals surface area contributed by atoms with Gasteiger partial charge in [0, 0.05) is 12.4 Å². The smallest absolute Gasteiger partial charge is 0.142 e. The van der Waals surface area contributed by atoms with Crippen LogP contribution < -0.4 is 0 Å². The Morgan fingerprint density at radius 1 is 1.23 bits per heavy atom. The molecule has 0 amide bonds. The Kier molecular flexibility index (Phi) is 2.90. The molecule has 1 fully saturated rings. The average Bonchev–Trinajstić information content (AvgIpc) is 2.62. The van der Waals surface area contributed by atoms with Crippen LogP contribution in [0.4, 0.5) is 0 Å². The van der Waals surface area contributed by atoms with E-state index in [4.69, 9.17) is 0 Å². The van der Waals surface area contributed by atoms with Crippen molar-refractivity contribution >= 4 is 15.9 Å². The SMILES string of the molecule is Brc1cnc(CN2CCCC2)nc1. The van der Waals surface area contributed by atoms with Crippen LogP contribution in [0.2, 0.25) is 0 Å². The minimum absolute atomic E-state index is 0.896. The van der Waals surface area contributed by atoms with Crippen molar-refractivity contribution < 1.29 is 0 Å². The number of hydrogen-bond acceptors (Lipinski definition) is 3. The van der Waals surface area contributed by atoms with Gasteiger partial charge in [0.1, 0.15) is 5.82 Å². The second kappa shape index (κ2) is 4.15. The molecule has 0 spiro atoms. The molecule has 4 heteroatoms. The number of halogens is 1. The van der Waals surface area contributed by atoms with Gasteiger partial charge >= 0.3 is 0 Å². The third-order valence-electron chi connectivity index (χ3n) is 2.24. The summed E-state index contributed by atoms with van der Waals surface area (Å²) in [6.07, 6.45) is 6.24. The zero-order valence-corrected chi connectivity index (χ0v) is 9.00. The second-order valence-electron chi connectivity index (χ2n) is 3.30. The summed E-state index contributed by atoms with van der Waals surface area (Å²) in [5, 5.41) is 0. The molecule has 1 aliphatic heterocycles. The molecule has 0 unspecified atom stereocenters. The minimum atomic E-state index is 0.896. The summed E-state index contributed by atoms with van der Waals surface area (Å²) in [7, 11) is 0. The molecule has 1 aromatic heterocycles. The van der Waals surface area contributed by atoms with Crippen molar-refractivity contribution in [3.8, 4) is 0 Å². The van der Waals surface area contributed by atoms with Crippen LogP contribution in [0.15, 0.2) is 16.9 Å². The molecule has 0 radical (unpaired) electrons. The predicted molar refractivity (Wildman–Crippen MR) is 54.2 cm³/mol. The fourth-order valence-electron chi connectivity index (χ4n) is 1.56. The van der Waals surface area contributed by atoms with Gasteiger partial charge in [-0.2, -0.15) is 0 Å². The Hall–Kier alpha value is -0.480. The van der Waals surface area contributed by atoms with Crippen LogP contribution in [0.5, 0.6) is 0 Å². The van der Waals surface area contributed by atoms with Gasteiger partial charge < -0.3 is 0 Å².